The zero-order chi connectivity index (χ0) is 14.5. The number of aryl methyl sites for hydroxylation is 2. The fraction of sp³-hybridized carbons (Fsp3) is 0.176. The average molecular weight is 266 g/mol. The van der Waals surface area contributed by atoms with Crippen LogP contribution in [0.1, 0.15) is 18.1 Å². The predicted molar refractivity (Wildman–Crippen MR) is 83.8 cm³/mol. The number of aliphatic imine (C=N–C) groups is 1. The van der Waals surface area contributed by atoms with Crippen molar-refractivity contribution < 1.29 is 4.79 Å². The molecule has 0 heterocycles. The first kappa shape index (κ1) is 14.0. The zero-order valence-electron chi connectivity index (χ0n) is 12.0. The predicted octanol–water partition coefficient (Wildman–Crippen LogP) is 4.03. The minimum absolute atomic E-state index is 0.182. The summed E-state index contributed by atoms with van der Waals surface area (Å²) in [5, 5.41) is 2.83. The van der Waals surface area contributed by atoms with E-state index in [9.17, 15) is 4.79 Å². The van der Waals surface area contributed by atoms with Gasteiger partial charge in [-0.1, -0.05) is 36.4 Å². The number of hydrogen-bond acceptors (Lipinski definition) is 2. The molecule has 2 aromatic carbocycles. The second-order valence-electron chi connectivity index (χ2n) is 4.76. The van der Waals surface area contributed by atoms with E-state index in [1.807, 2.05) is 62.4 Å². The van der Waals surface area contributed by atoms with Crippen LogP contribution in [0.5, 0.6) is 0 Å². The molecule has 3 heteroatoms. The van der Waals surface area contributed by atoms with Crippen LogP contribution in [-0.2, 0) is 4.79 Å². The normalized spacial score (nSPS) is 11.2. The number of amides is 1. The lowest BCUT2D eigenvalue weighted by Gasteiger charge is -2.07. The van der Waals surface area contributed by atoms with E-state index < -0.39 is 0 Å². The van der Waals surface area contributed by atoms with Crippen LogP contribution >= 0.6 is 0 Å². The number of anilines is 1. The SMILES string of the molecule is CC(=Nc1c(C)cccc1C)C(=O)Nc1ccccc1. The Hall–Kier alpha value is -2.42. The number of hydrogen-bond donors (Lipinski definition) is 1. The molecular weight excluding hydrogens is 248 g/mol. The van der Waals surface area contributed by atoms with Crippen LogP contribution in [0.15, 0.2) is 53.5 Å². The molecule has 0 atom stereocenters. The molecule has 0 unspecified atom stereocenters. The first-order valence-corrected chi connectivity index (χ1v) is 6.56. The number of nitrogens with one attached hydrogen (secondary N) is 1. The number of carbonyl (C=O) groups excluding carboxylic acids is 1. The smallest absolute Gasteiger partial charge is 0.269 e. The molecule has 0 fully saturated rings. The molecule has 0 radical (unpaired) electrons. The van der Waals surface area contributed by atoms with Gasteiger partial charge in [0.1, 0.15) is 5.71 Å². The number of benzene rings is 2. The van der Waals surface area contributed by atoms with Gasteiger partial charge in [-0.05, 0) is 44.0 Å². The summed E-state index contributed by atoms with van der Waals surface area (Å²) >= 11 is 0. The van der Waals surface area contributed by atoms with Crippen LogP contribution in [0, 0.1) is 13.8 Å². The Bertz CT molecular complexity index is 625. The Morgan fingerprint density at radius 1 is 0.950 bits per heavy atom. The van der Waals surface area contributed by atoms with E-state index in [1.165, 1.54) is 0 Å². The molecule has 2 aromatic rings. The van der Waals surface area contributed by atoms with Gasteiger partial charge in [0.05, 0.1) is 5.69 Å². The van der Waals surface area contributed by atoms with Crippen molar-refractivity contribution in [2.45, 2.75) is 20.8 Å². The minimum atomic E-state index is -0.182. The summed E-state index contributed by atoms with van der Waals surface area (Å²) < 4.78 is 0. The van der Waals surface area contributed by atoms with Crippen LogP contribution < -0.4 is 5.32 Å². The summed E-state index contributed by atoms with van der Waals surface area (Å²) in [6, 6.07) is 15.4. The Morgan fingerprint density at radius 2 is 1.55 bits per heavy atom. The second-order valence-corrected chi connectivity index (χ2v) is 4.76. The van der Waals surface area contributed by atoms with Gasteiger partial charge in [0.2, 0.25) is 0 Å². The van der Waals surface area contributed by atoms with Crippen molar-refractivity contribution >= 4 is 23.0 Å². The summed E-state index contributed by atoms with van der Waals surface area (Å²) in [6.45, 7) is 5.71. The minimum Gasteiger partial charge on any atom is -0.321 e. The third kappa shape index (κ3) is 3.32. The molecule has 0 aromatic heterocycles. The van der Waals surface area contributed by atoms with E-state index in [4.69, 9.17) is 0 Å². The number of rotatable bonds is 3. The van der Waals surface area contributed by atoms with Crippen molar-refractivity contribution in [3.63, 3.8) is 0 Å². The first-order chi connectivity index (χ1) is 9.58. The second kappa shape index (κ2) is 6.15. The molecule has 0 aliphatic rings. The third-order valence-corrected chi connectivity index (χ3v) is 3.08. The van der Waals surface area contributed by atoms with E-state index in [2.05, 4.69) is 10.3 Å². The van der Waals surface area contributed by atoms with Crippen molar-refractivity contribution in [3.05, 3.63) is 59.7 Å². The van der Waals surface area contributed by atoms with E-state index >= 15 is 0 Å². The van der Waals surface area contributed by atoms with E-state index in [-0.39, 0.29) is 5.91 Å². The van der Waals surface area contributed by atoms with Crippen molar-refractivity contribution in [2.24, 2.45) is 4.99 Å². The molecule has 0 saturated heterocycles. The van der Waals surface area contributed by atoms with Crippen LogP contribution in [-0.4, -0.2) is 11.6 Å². The molecule has 3 nitrogen and oxygen atoms in total. The monoisotopic (exact) mass is 266 g/mol. The van der Waals surface area contributed by atoms with Gasteiger partial charge in [0.25, 0.3) is 5.91 Å². The van der Waals surface area contributed by atoms with Crippen molar-refractivity contribution in [2.75, 3.05) is 5.32 Å². The molecule has 0 bridgehead atoms. The summed E-state index contributed by atoms with van der Waals surface area (Å²) in [7, 11) is 0. The largest absolute Gasteiger partial charge is 0.321 e. The lowest BCUT2D eigenvalue weighted by Crippen LogP contribution is -2.20. The highest BCUT2D eigenvalue weighted by Gasteiger charge is 2.08. The maximum atomic E-state index is 12.1. The topological polar surface area (TPSA) is 41.5 Å². The fourth-order valence-corrected chi connectivity index (χ4v) is 1.94. The molecule has 2 rings (SSSR count). The molecule has 0 saturated carbocycles. The van der Waals surface area contributed by atoms with Crippen molar-refractivity contribution in [1.29, 1.82) is 0 Å². The highest BCUT2D eigenvalue weighted by molar-refractivity contribution is 6.42. The summed E-state index contributed by atoms with van der Waals surface area (Å²) in [5.41, 5.74) is 4.22. The number of nitrogens with zero attached hydrogens (tertiary/aromatic N) is 1. The Kier molecular flexibility index (Phi) is 4.31. The Balaban J connectivity index is 2.20. The molecule has 0 aliphatic heterocycles. The van der Waals surface area contributed by atoms with E-state index in [1.54, 1.807) is 6.92 Å². The summed E-state index contributed by atoms with van der Waals surface area (Å²) in [6.07, 6.45) is 0. The maximum Gasteiger partial charge on any atom is 0.269 e. The van der Waals surface area contributed by atoms with Crippen LogP contribution in [0.3, 0.4) is 0 Å². The van der Waals surface area contributed by atoms with E-state index in [0.29, 0.717) is 5.71 Å². The van der Waals surface area contributed by atoms with Gasteiger partial charge >= 0.3 is 0 Å². The Morgan fingerprint density at radius 3 is 2.15 bits per heavy atom. The molecule has 1 N–H and O–H groups in total. The maximum absolute atomic E-state index is 12.1. The summed E-state index contributed by atoms with van der Waals surface area (Å²) in [4.78, 5) is 16.6. The molecule has 1 amide bonds. The number of carbonyl (C=O) groups is 1. The van der Waals surface area contributed by atoms with Crippen molar-refractivity contribution in [1.82, 2.24) is 0 Å². The zero-order valence-corrected chi connectivity index (χ0v) is 12.0. The van der Waals surface area contributed by atoms with Gasteiger partial charge < -0.3 is 5.32 Å². The number of para-hydroxylation sites is 2. The Labute approximate surface area is 119 Å². The molecule has 0 spiro atoms. The lowest BCUT2D eigenvalue weighted by atomic mass is 10.1. The average Bonchev–Trinajstić information content (AvgIpc) is 2.44. The van der Waals surface area contributed by atoms with Crippen LogP contribution in [0.4, 0.5) is 11.4 Å². The lowest BCUT2D eigenvalue weighted by molar-refractivity contribution is -0.110. The highest BCUT2D eigenvalue weighted by atomic mass is 16.1. The summed E-state index contributed by atoms with van der Waals surface area (Å²) in [5.74, 6) is -0.182. The van der Waals surface area contributed by atoms with Gasteiger partial charge in [-0.25, -0.2) is 4.99 Å². The fourth-order valence-electron chi connectivity index (χ4n) is 1.94. The van der Waals surface area contributed by atoms with Gasteiger partial charge in [-0.3, -0.25) is 4.79 Å². The van der Waals surface area contributed by atoms with Gasteiger partial charge in [0, 0.05) is 5.69 Å². The van der Waals surface area contributed by atoms with Gasteiger partial charge in [0.15, 0.2) is 0 Å². The third-order valence-electron chi connectivity index (χ3n) is 3.08. The molecule has 102 valence electrons. The molecular formula is C17H18N2O. The highest BCUT2D eigenvalue weighted by Crippen LogP contribution is 2.23. The standard InChI is InChI=1S/C17H18N2O/c1-12-8-7-9-13(2)16(12)18-14(3)17(20)19-15-10-5-4-6-11-15/h4-11H,1-3H3,(H,19,20). The van der Waals surface area contributed by atoms with Gasteiger partial charge in [-0.15, -0.1) is 0 Å². The first-order valence-electron chi connectivity index (χ1n) is 6.56. The quantitative estimate of drug-likeness (QED) is 0.837. The van der Waals surface area contributed by atoms with E-state index in [0.717, 1.165) is 22.5 Å². The van der Waals surface area contributed by atoms with Crippen LogP contribution in [0.25, 0.3) is 0 Å². The molecule has 0 aliphatic carbocycles. The van der Waals surface area contributed by atoms with Gasteiger partial charge in [-0.2, -0.15) is 0 Å². The molecule has 20 heavy (non-hydrogen) atoms. The van der Waals surface area contributed by atoms with Crippen molar-refractivity contribution in [3.8, 4) is 0 Å². The van der Waals surface area contributed by atoms with Crippen LogP contribution in [0.2, 0.25) is 0 Å².